The van der Waals surface area contributed by atoms with Crippen LogP contribution in [-0.4, -0.2) is 42.2 Å². The Balaban J connectivity index is 1.94. The molecule has 1 atom stereocenters. The Labute approximate surface area is 87.7 Å². The number of hydrogen-bond donors (Lipinski definition) is 1. The maximum atomic E-state index is 5.68. The van der Waals surface area contributed by atoms with Crippen LogP contribution in [0.1, 0.15) is 5.01 Å². The molecule has 14 heavy (non-hydrogen) atoms. The van der Waals surface area contributed by atoms with Crippen LogP contribution in [0.5, 0.6) is 0 Å². The topological polar surface area (TPSA) is 51.4 Å². The molecule has 1 aliphatic rings. The number of nitrogens with two attached hydrogens (primary N) is 1. The molecule has 1 fully saturated rings. The molecule has 1 aromatic heterocycles. The van der Waals surface area contributed by atoms with E-state index in [9.17, 15) is 0 Å². The van der Waals surface area contributed by atoms with Crippen molar-refractivity contribution in [2.75, 3.05) is 26.3 Å². The summed E-state index contributed by atoms with van der Waals surface area (Å²) in [7, 11) is 0. The minimum Gasteiger partial charge on any atom is -0.378 e. The van der Waals surface area contributed by atoms with Gasteiger partial charge in [0.25, 0.3) is 0 Å². The van der Waals surface area contributed by atoms with E-state index < -0.39 is 0 Å². The van der Waals surface area contributed by atoms with Crippen molar-refractivity contribution >= 4 is 11.3 Å². The highest BCUT2D eigenvalue weighted by atomic mass is 32.1. The molecule has 4 nitrogen and oxygen atoms in total. The van der Waals surface area contributed by atoms with E-state index in [1.54, 1.807) is 11.3 Å². The normalized spacial score (nSPS) is 23.9. The Bertz CT molecular complexity index is 265. The van der Waals surface area contributed by atoms with Crippen molar-refractivity contribution in [2.24, 2.45) is 5.73 Å². The lowest BCUT2D eigenvalue weighted by molar-refractivity contribution is -0.00794. The number of hydrogen-bond acceptors (Lipinski definition) is 5. The van der Waals surface area contributed by atoms with Gasteiger partial charge in [0.2, 0.25) is 0 Å². The van der Waals surface area contributed by atoms with E-state index in [1.807, 2.05) is 11.6 Å². The molecule has 0 bridgehead atoms. The van der Waals surface area contributed by atoms with E-state index >= 15 is 0 Å². The van der Waals surface area contributed by atoms with Crippen LogP contribution >= 0.6 is 11.3 Å². The van der Waals surface area contributed by atoms with Crippen molar-refractivity contribution in [1.82, 2.24) is 9.88 Å². The molecule has 1 unspecified atom stereocenters. The third-order valence-electron chi connectivity index (χ3n) is 2.44. The lowest BCUT2D eigenvalue weighted by Crippen LogP contribution is -2.48. The fourth-order valence-corrected chi connectivity index (χ4v) is 2.26. The Morgan fingerprint density at radius 3 is 3.36 bits per heavy atom. The number of ether oxygens (including phenoxy) is 1. The van der Waals surface area contributed by atoms with Gasteiger partial charge in [-0.3, -0.25) is 4.90 Å². The van der Waals surface area contributed by atoms with Gasteiger partial charge in [-0.2, -0.15) is 0 Å². The largest absolute Gasteiger partial charge is 0.378 e. The molecule has 78 valence electrons. The molecule has 1 aliphatic heterocycles. The van der Waals surface area contributed by atoms with Crippen molar-refractivity contribution in [3.8, 4) is 0 Å². The highest BCUT2D eigenvalue weighted by Gasteiger charge is 2.22. The second-order valence-electron chi connectivity index (χ2n) is 3.36. The fourth-order valence-electron chi connectivity index (χ4n) is 1.62. The number of morpholine rings is 1. The molecule has 0 spiro atoms. The molecule has 1 saturated heterocycles. The number of thiazole rings is 1. The number of aromatic nitrogens is 1. The summed E-state index contributed by atoms with van der Waals surface area (Å²) in [5, 5.41) is 3.16. The molecule has 0 amide bonds. The molecule has 2 heterocycles. The Hall–Kier alpha value is -0.490. The monoisotopic (exact) mass is 213 g/mol. The summed E-state index contributed by atoms with van der Waals surface area (Å²) >= 11 is 1.69. The molecule has 2 N–H and O–H groups in total. The highest BCUT2D eigenvalue weighted by molar-refractivity contribution is 7.09. The van der Waals surface area contributed by atoms with Crippen LogP contribution in [-0.2, 0) is 11.3 Å². The van der Waals surface area contributed by atoms with Gasteiger partial charge in [0, 0.05) is 30.7 Å². The van der Waals surface area contributed by atoms with Crippen molar-refractivity contribution in [3.05, 3.63) is 16.6 Å². The molecule has 0 radical (unpaired) electrons. The Kier molecular flexibility index (Phi) is 3.47. The predicted octanol–water partition coefficient (Wildman–Crippen LogP) is 0.303. The minimum atomic E-state index is 0.354. The van der Waals surface area contributed by atoms with Gasteiger partial charge in [0.05, 0.1) is 19.8 Å². The predicted molar refractivity (Wildman–Crippen MR) is 56.2 cm³/mol. The molecule has 0 aromatic carbocycles. The summed E-state index contributed by atoms with van der Waals surface area (Å²) in [5.74, 6) is 0. The Morgan fingerprint density at radius 2 is 2.64 bits per heavy atom. The summed E-state index contributed by atoms with van der Waals surface area (Å²) in [5.41, 5.74) is 5.68. The number of nitrogens with zero attached hydrogens (tertiary/aromatic N) is 2. The van der Waals surface area contributed by atoms with Gasteiger partial charge in [0.15, 0.2) is 0 Å². The molecule has 2 rings (SSSR count). The van der Waals surface area contributed by atoms with Crippen LogP contribution < -0.4 is 5.73 Å². The molecule has 5 heteroatoms. The van der Waals surface area contributed by atoms with E-state index in [1.165, 1.54) is 0 Å². The van der Waals surface area contributed by atoms with E-state index in [4.69, 9.17) is 10.5 Å². The van der Waals surface area contributed by atoms with E-state index in [-0.39, 0.29) is 0 Å². The third-order valence-corrected chi connectivity index (χ3v) is 3.21. The zero-order valence-electron chi connectivity index (χ0n) is 8.06. The van der Waals surface area contributed by atoms with Crippen LogP contribution in [0.25, 0.3) is 0 Å². The van der Waals surface area contributed by atoms with Crippen LogP contribution in [0.2, 0.25) is 0 Å². The SMILES string of the molecule is NCC1COCCN1Cc1nccs1. The van der Waals surface area contributed by atoms with Gasteiger partial charge in [-0.25, -0.2) is 4.98 Å². The fraction of sp³-hybridized carbons (Fsp3) is 0.667. The average Bonchev–Trinajstić information content (AvgIpc) is 2.71. The van der Waals surface area contributed by atoms with Crippen LogP contribution in [0, 0.1) is 0 Å². The summed E-state index contributed by atoms with van der Waals surface area (Å²) in [6.45, 7) is 4.08. The van der Waals surface area contributed by atoms with E-state index in [0.29, 0.717) is 12.6 Å². The first kappa shape index (κ1) is 10.0. The summed E-state index contributed by atoms with van der Waals surface area (Å²) in [6, 6.07) is 0.354. The van der Waals surface area contributed by atoms with Gasteiger partial charge >= 0.3 is 0 Å². The van der Waals surface area contributed by atoms with Gasteiger partial charge in [-0.15, -0.1) is 11.3 Å². The standard InChI is InChI=1S/C9H15N3OS/c10-5-8-7-13-3-2-12(8)6-9-11-1-4-14-9/h1,4,8H,2-3,5-7,10H2. The van der Waals surface area contributed by atoms with Crippen molar-refractivity contribution in [2.45, 2.75) is 12.6 Å². The smallest absolute Gasteiger partial charge is 0.107 e. The first-order chi connectivity index (χ1) is 6.90. The maximum Gasteiger partial charge on any atom is 0.107 e. The average molecular weight is 213 g/mol. The highest BCUT2D eigenvalue weighted by Crippen LogP contribution is 2.13. The second kappa shape index (κ2) is 4.84. The molecular formula is C9H15N3OS. The van der Waals surface area contributed by atoms with Crippen LogP contribution in [0.4, 0.5) is 0 Å². The lowest BCUT2D eigenvalue weighted by Gasteiger charge is -2.34. The van der Waals surface area contributed by atoms with Crippen molar-refractivity contribution in [3.63, 3.8) is 0 Å². The Morgan fingerprint density at radius 1 is 1.71 bits per heavy atom. The molecule has 0 saturated carbocycles. The van der Waals surface area contributed by atoms with Gasteiger partial charge in [-0.05, 0) is 0 Å². The van der Waals surface area contributed by atoms with Crippen LogP contribution in [0.3, 0.4) is 0 Å². The van der Waals surface area contributed by atoms with E-state index in [0.717, 1.165) is 31.3 Å². The van der Waals surface area contributed by atoms with Crippen LogP contribution in [0.15, 0.2) is 11.6 Å². The third kappa shape index (κ3) is 2.30. The van der Waals surface area contributed by atoms with Gasteiger partial charge < -0.3 is 10.5 Å². The summed E-state index contributed by atoms with van der Waals surface area (Å²) in [6.07, 6.45) is 1.85. The number of rotatable bonds is 3. The zero-order chi connectivity index (χ0) is 9.80. The molecule has 1 aromatic rings. The molecule has 0 aliphatic carbocycles. The zero-order valence-corrected chi connectivity index (χ0v) is 8.87. The lowest BCUT2D eigenvalue weighted by atomic mass is 10.2. The summed E-state index contributed by atoms with van der Waals surface area (Å²) in [4.78, 5) is 6.62. The quantitative estimate of drug-likeness (QED) is 0.785. The second-order valence-corrected chi connectivity index (χ2v) is 4.34. The van der Waals surface area contributed by atoms with Crippen molar-refractivity contribution in [1.29, 1.82) is 0 Å². The van der Waals surface area contributed by atoms with Gasteiger partial charge in [-0.1, -0.05) is 0 Å². The first-order valence-corrected chi connectivity index (χ1v) is 5.68. The van der Waals surface area contributed by atoms with E-state index in [2.05, 4.69) is 9.88 Å². The minimum absolute atomic E-state index is 0.354. The van der Waals surface area contributed by atoms with Gasteiger partial charge in [0.1, 0.15) is 5.01 Å². The maximum absolute atomic E-state index is 5.68. The molecular weight excluding hydrogens is 198 g/mol. The van der Waals surface area contributed by atoms with Crippen molar-refractivity contribution < 1.29 is 4.74 Å². The summed E-state index contributed by atoms with van der Waals surface area (Å²) < 4.78 is 5.38. The first-order valence-electron chi connectivity index (χ1n) is 4.80.